The standard InChI is InChI=1S/C15H15F2NO3S/c1-10-2-7-13(8-14(10)17)22(20,21)18-9-15(19)11-3-5-12(16)6-4-11/h2-8,15,18-19H,9H2,1H3. The summed E-state index contributed by atoms with van der Waals surface area (Å²) in [5.74, 6) is -1.08. The van der Waals surface area contributed by atoms with Crippen LogP contribution in [0.4, 0.5) is 8.78 Å². The van der Waals surface area contributed by atoms with E-state index in [2.05, 4.69) is 4.72 Å². The summed E-state index contributed by atoms with van der Waals surface area (Å²) in [5.41, 5.74) is 0.712. The topological polar surface area (TPSA) is 66.4 Å². The summed E-state index contributed by atoms with van der Waals surface area (Å²) < 4.78 is 52.5. The number of aryl methyl sites for hydroxylation is 1. The van der Waals surface area contributed by atoms with Crippen LogP contribution in [0, 0.1) is 18.6 Å². The monoisotopic (exact) mass is 327 g/mol. The molecule has 0 spiro atoms. The van der Waals surface area contributed by atoms with Crippen molar-refractivity contribution < 1.29 is 22.3 Å². The predicted molar refractivity (Wildman–Crippen MR) is 77.7 cm³/mol. The largest absolute Gasteiger partial charge is 0.387 e. The molecule has 0 aliphatic heterocycles. The maximum atomic E-state index is 13.4. The van der Waals surface area contributed by atoms with Gasteiger partial charge in [0.1, 0.15) is 11.6 Å². The van der Waals surface area contributed by atoms with Crippen molar-refractivity contribution in [2.45, 2.75) is 17.9 Å². The first-order valence-corrected chi connectivity index (χ1v) is 7.97. The van der Waals surface area contributed by atoms with Crippen LogP contribution in [0.3, 0.4) is 0 Å². The van der Waals surface area contributed by atoms with Gasteiger partial charge in [0.2, 0.25) is 10.0 Å². The van der Waals surface area contributed by atoms with Gasteiger partial charge in [-0.2, -0.15) is 0 Å². The van der Waals surface area contributed by atoms with E-state index >= 15 is 0 Å². The van der Waals surface area contributed by atoms with Crippen LogP contribution >= 0.6 is 0 Å². The Morgan fingerprint density at radius 3 is 2.36 bits per heavy atom. The number of nitrogens with one attached hydrogen (secondary N) is 1. The summed E-state index contributed by atoms with van der Waals surface area (Å²) in [5, 5.41) is 9.90. The molecule has 2 aromatic carbocycles. The maximum Gasteiger partial charge on any atom is 0.240 e. The Morgan fingerprint density at radius 2 is 1.77 bits per heavy atom. The molecule has 118 valence electrons. The highest BCUT2D eigenvalue weighted by molar-refractivity contribution is 7.89. The number of hydrogen-bond donors (Lipinski definition) is 2. The Balaban J connectivity index is 2.09. The van der Waals surface area contributed by atoms with Gasteiger partial charge in [-0.15, -0.1) is 0 Å². The molecule has 0 heterocycles. The number of hydrogen-bond acceptors (Lipinski definition) is 3. The predicted octanol–water partition coefficient (Wildman–Crippen LogP) is 2.29. The zero-order valence-electron chi connectivity index (χ0n) is 11.8. The Hall–Kier alpha value is -1.83. The van der Waals surface area contributed by atoms with Crippen LogP contribution in [-0.4, -0.2) is 20.1 Å². The van der Waals surface area contributed by atoms with Gasteiger partial charge in [0.15, 0.2) is 0 Å². The summed E-state index contributed by atoms with van der Waals surface area (Å²) in [4.78, 5) is -0.220. The van der Waals surface area contributed by atoms with Gasteiger partial charge in [-0.05, 0) is 42.3 Å². The Bertz CT molecular complexity index is 761. The van der Waals surface area contributed by atoms with Gasteiger partial charge in [0.25, 0.3) is 0 Å². The molecule has 0 aliphatic carbocycles. The quantitative estimate of drug-likeness (QED) is 0.885. The molecule has 7 heteroatoms. The molecule has 1 unspecified atom stereocenters. The van der Waals surface area contributed by atoms with E-state index in [1.807, 2.05) is 0 Å². The Kier molecular flexibility index (Phi) is 4.90. The number of aliphatic hydroxyl groups excluding tert-OH is 1. The minimum atomic E-state index is -3.93. The van der Waals surface area contributed by atoms with Crippen LogP contribution < -0.4 is 4.72 Å². The summed E-state index contributed by atoms with van der Waals surface area (Å²) in [6, 6.07) is 8.62. The molecular formula is C15H15F2NO3S. The van der Waals surface area contributed by atoms with Gasteiger partial charge < -0.3 is 5.11 Å². The summed E-state index contributed by atoms with van der Waals surface area (Å²) in [6.07, 6.45) is -1.13. The fourth-order valence-corrected chi connectivity index (χ4v) is 2.87. The summed E-state index contributed by atoms with van der Waals surface area (Å²) in [6.45, 7) is 1.22. The molecule has 4 nitrogen and oxygen atoms in total. The maximum absolute atomic E-state index is 13.4. The minimum absolute atomic E-state index is 0.220. The second kappa shape index (κ2) is 6.51. The minimum Gasteiger partial charge on any atom is -0.387 e. The lowest BCUT2D eigenvalue weighted by molar-refractivity contribution is 0.182. The number of aliphatic hydroxyl groups is 1. The van der Waals surface area contributed by atoms with E-state index < -0.39 is 27.8 Å². The van der Waals surface area contributed by atoms with Crippen LogP contribution in [0.15, 0.2) is 47.4 Å². The molecule has 0 saturated heterocycles. The number of sulfonamides is 1. The highest BCUT2D eigenvalue weighted by Gasteiger charge is 2.18. The van der Waals surface area contributed by atoms with Crippen molar-refractivity contribution in [2.75, 3.05) is 6.54 Å². The van der Waals surface area contributed by atoms with Gasteiger partial charge in [0.05, 0.1) is 11.0 Å². The number of halogens is 2. The summed E-state index contributed by atoms with van der Waals surface area (Å²) in [7, 11) is -3.93. The second-order valence-electron chi connectivity index (χ2n) is 4.83. The summed E-state index contributed by atoms with van der Waals surface area (Å²) >= 11 is 0. The molecular weight excluding hydrogens is 312 g/mol. The molecule has 0 aliphatic rings. The molecule has 0 amide bonds. The fourth-order valence-electron chi connectivity index (χ4n) is 1.82. The van der Waals surface area contributed by atoms with Crippen molar-refractivity contribution in [3.8, 4) is 0 Å². The highest BCUT2D eigenvalue weighted by Crippen LogP contribution is 2.16. The Morgan fingerprint density at radius 1 is 1.14 bits per heavy atom. The fraction of sp³-hybridized carbons (Fsp3) is 0.200. The molecule has 0 bridgehead atoms. The molecule has 1 atom stereocenters. The van der Waals surface area contributed by atoms with Gasteiger partial charge in [-0.25, -0.2) is 21.9 Å². The molecule has 2 aromatic rings. The van der Waals surface area contributed by atoms with Crippen LogP contribution in [-0.2, 0) is 10.0 Å². The highest BCUT2D eigenvalue weighted by atomic mass is 32.2. The van der Waals surface area contributed by atoms with Crippen molar-refractivity contribution in [1.82, 2.24) is 4.72 Å². The lowest BCUT2D eigenvalue weighted by atomic mass is 10.1. The van der Waals surface area contributed by atoms with Gasteiger partial charge in [-0.3, -0.25) is 0 Å². The smallest absolute Gasteiger partial charge is 0.240 e. The van der Waals surface area contributed by atoms with Gasteiger partial charge in [0, 0.05) is 6.54 Å². The average Bonchev–Trinajstić information content (AvgIpc) is 2.48. The molecule has 0 aromatic heterocycles. The van der Waals surface area contributed by atoms with Crippen LogP contribution in [0.2, 0.25) is 0 Å². The average molecular weight is 327 g/mol. The lowest BCUT2D eigenvalue weighted by Gasteiger charge is -2.13. The normalized spacial score (nSPS) is 13.1. The number of rotatable bonds is 5. The van der Waals surface area contributed by atoms with Gasteiger partial charge in [-0.1, -0.05) is 18.2 Å². The van der Waals surface area contributed by atoms with Crippen LogP contribution in [0.5, 0.6) is 0 Å². The lowest BCUT2D eigenvalue weighted by Crippen LogP contribution is -2.28. The molecule has 0 radical (unpaired) electrons. The third kappa shape index (κ3) is 3.88. The van der Waals surface area contributed by atoms with E-state index in [0.29, 0.717) is 11.1 Å². The van der Waals surface area contributed by atoms with E-state index in [9.17, 15) is 22.3 Å². The molecule has 2 rings (SSSR count). The third-order valence-corrected chi connectivity index (χ3v) is 4.60. The zero-order valence-corrected chi connectivity index (χ0v) is 12.6. The van der Waals surface area contributed by atoms with Crippen molar-refractivity contribution >= 4 is 10.0 Å². The van der Waals surface area contributed by atoms with Crippen molar-refractivity contribution in [1.29, 1.82) is 0 Å². The van der Waals surface area contributed by atoms with Crippen molar-refractivity contribution in [3.63, 3.8) is 0 Å². The Labute approximate surface area is 127 Å². The van der Waals surface area contributed by atoms with E-state index in [-0.39, 0.29) is 11.4 Å². The third-order valence-electron chi connectivity index (χ3n) is 3.18. The van der Waals surface area contributed by atoms with Crippen LogP contribution in [0.25, 0.3) is 0 Å². The molecule has 2 N–H and O–H groups in total. The van der Waals surface area contributed by atoms with Gasteiger partial charge >= 0.3 is 0 Å². The van der Waals surface area contributed by atoms with E-state index in [0.717, 1.165) is 6.07 Å². The SMILES string of the molecule is Cc1ccc(S(=O)(=O)NCC(O)c2ccc(F)cc2)cc1F. The van der Waals surface area contributed by atoms with Crippen LogP contribution in [0.1, 0.15) is 17.2 Å². The number of benzene rings is 2. The van der Waals surface area contributed by atoms with Crippen molar-refractivity contribution in [2.24, 2.45) is 0 Å². The van der Waals surface area contributed by atoms with Crippen molar-refractivity contribution in [3.05, 3.63) is 65.2 Å². The molecule has 22 heavy (non-hydrogen) atoms. The van der Waals surface area contributed by atoms with E-state index in [4.69, 9.17) is 0 Å². The second-order valence-corrected chi connectivity index (χ2v) is 6.60. The van der Waals surface area contributed by atoms with E-state index in [1.54, 1.807) is 0 Å². The molecule has 0 fully saturated rings. The first-order valence-electron chi connectivity index (χ1n) is 6.49. The molecule has 0 saturated carbocycles. The first-order chi connectivity index (χ1) is 10.3. The zero-order chi connectivity index (χ0) is 16.3. The first kappa shape index (κ1) is 16.5. The van der Waals surface area contributed by atoms with E-state index in [1.165, 1.54) is 43.3 Å².